The lowest BCUT2D eigenvalue weighted by Gasteiger charge is -2.30. The summed E-state index contributed by atoms with van der Waals surface area (Å²) in [6.45, 7) is 2.08. The molecule has 1 atom stereocenters. The third-order valence-electron chi connectivity index (χ3n) is 5.68. The van der Waals surface area contributed by atoms with Gasteiger partial charge in [-0.2, -0.15) is 0 Å². The number of hydrogen-bond donors (Lipinski definition) is 3. The van der Waals surface area contributed by atoms with E-state index in [1.807, 2.05) is 24.3 Å². The Morgan fingerprint density at radius 2 is 1.81 bits per heavy atom. The summed E-state index contributed by atoms with van der Waals surface area (Å²) in [5.74, 6) is 1.08. The molecule has 1 aliphatic heterocycles. The van der Waals surface area contributed by atoms with E-state index in [9.17, 15) is 9.18 Å². The number of hydrogen-bond acceptors (Lipinski definition) is 5. The van der Waals surface area contributed by atoms with Gasteiger partial charge in [-0.15, -0.1) is 0 Å². The molecule has 9 heteroatoms. The summed E-state index contributed by atoms with van der Waals surface area (Å²) in [5, 5.41) is 9.56. The Balaban J connectivity index is 1.58. The highest BCUT2D eigenvalue weighted by Gasteiger charge is 2.30. The summed E-state index contributed by atoms with van der Waals surface area (Å²) in [4.78, 5) is 13.5. The number of carbonyl (C=O) groups is 1. The lowest BCUT2D eigenvalue weighted by atomic mass is 9.94. The number of benzene rings is 3. The molecule has 0 aliphatic carbocycles. The quantitative estimate of drug-likeness (QED) is 0.376. The summed E-state index contributed by atoms with van der Waals surface area (Å²) >= 11 is 5.37. The number of anilines is 1. The monoisotopic (exact) mass is 507 g/mol. The van der Waals surface area contributed by atoms with Crippen molar-refractivity contribution in [3.8, 4) is 17.2 Å². The molecule has 0 saturated heterocycles. The second-order valence-electron chi connectivity index (χ2n) is 8.08. The zero-order chi connectivity index (χ0) is 25.7. The minimum Gasteiger partial charge on any atom is -0.497 e. The fourth-order valence-corrected chi connectivity index (χ4v) is 4.14. The van der Waals surface area contributed by atoms with E-state index in [0.717, 1.165) is 11.1 Å². The summed E-state index contributed by atoms with van der Waals surface area (Å²) < 4.78 is 29.7. The maximum absolute atomic E-state index is 13.5. The molecule has 1 amide bonds. The maximum atomic E-state index is 13.5. The molecule has 3 aromatic rings. The zero-order valence-corrected chi connectivity index (χ0v) is 20.9. The summed E-state index contributed by atoms with van der Waals surface area (Å²) in [6.07, 6.45) is 0. The van der Waals surface area contributed by atoms with Crippen molar-refractivity contribution >= 4 is 28.9 Å². The first-order valence-corrected chi connectivity index (χ1v) is 11.6. The highest BCUT2D eigenvalue weighted by molar-refractivity contribution is 7.80. The highest BCUT2D eigenvalue weighted by Crippen LogP contribution is 2.33. The number of thiocarbonyl (C=S) groups is 1. The molecule has 0 unspecified atom stereocenters. The van der Waals surface area contributed by atoms with Crippen LogP contribution in [0.5, 0.6) is 17.2 Å². The van der Waals surface area contributed by atoms with Crippen molar-refractivity contribution in [3.05, 3.63) is 94.9 Å². The van der Waals surface area contributed by atoms with Gasteiger partial charge in [0.15, 0.2) is 5.11 Å². The fraction of sp³-hybridized carbons (Fsp3) is 0.185. The Kier molecular flexibility index (Phi) is 7.70. The molecule has 1 aliphatic rings. The van der Waals surface area contributed by atoms with E-state index in [-0.39, 0.29) is 18.3 Å². The standard InChI is InChI=1S/C27H26FN3O4S/c1-16-24(26(32)30-22-12-11-20(33-2)14-23(22)34-3)25(31-27(36)29-16)18-5-4-6-21(13-18)35-15-17-7-9-19(28)10-8-17/h4-14,25H,15H2,1-3H3,(H,30,32)(H2,29,31,36)/t25-/m0/s1. The SMILES string of the molecule is COc1ccc(NC(=O)C2=C(C)NC(=S)N[C@H]2c2cccc(OCc3ccc(F)cc3)c2)c(OC)c1. The molecular weight excluding hydrogens is 481 g/mol. The van der Waals surface area contributed by atoms with Crippen LogP contribution in [0.2, 0.25) is 0 Å². The number of ether oxygens (including phenoxy) is 3. The summed E-state index contributed by atoms with van der Waals surface area (Å²) in [6, 6.07) is 18.2. The lowest BCUT2D eigenvalue weighted by Crippen LogP contribution is -2.45. The van der Waals surface area contributed by atoms with Crippen molar-refractivity contribution in [2.24, 2.45) is 0 Å². The van der Waals surface area contributed by atoms with Crippen LogP contribution >= 0.6 is 12.2 Å². The second-order valence-corrected chi connectivity index (χ2v) is 8.49. The Morgan fingerprint density at radius 3 is 2.53 bits per heavy atom. The molecule has 3 aromatic carbocycles. The van der Waals surface area contributed by atoms with Crippen LogP contribution in [0.4, 0.5) is 10.1 Å². The van der Waals surface area contributed by atoms with Gasteiger partial charge in [-0.1, -0.05) is 24.3 Å². The molecule has 4 rings (SSSR count). The molecule has 186 valence electrons. The van der Waals surface area contributed by atoms with Gasteiger partial charge in [0.25, 0.3) is 5.91 Å². The van der Waals surface area contributed by atoms with Gasteiger partial charge in [0, 0.05) is 11.8 Å². The normalized spacial score (nSPS) is 15.0. The third kappa shape index (κ3) is 5.75. The predicted molar refractivity (Wildman–Crippen MR) is 140 cm³/mol. The van der Waals surface area contributed by atoms with Crippen LogP contribution in [0.3, 0.4) is 0 Å². The van der Waals surface area contributed by atoms with Gasteiger partial charge in [0.05, 0.1) is 31.5 Å². The van der Waals surface area contributed by atoms with Crippen LogP contribution in [-0.4, -0.2) is 25.2 Å². The Hall–Kier alpha value is -4.11. The van der Waals surface area contributed by atoms with E-state index >= 15 is 0 Å². The number of nitrogens with one attached hydrogen (secondary N) is 3. The third-order valence-corrected chi connectivity index (χ3v) is 5.90. The number of carbonyl (C=O) groups excluding carboxylic acids is 1. The van der Waals surface area contributed by atoms with Gasteiger partial charge in [0.1, 0.15) is 29.7 Å². The van der Waals surface area contributed by atoms with E-state index in [1.165, 1.54) is 19.2 Å². The Bertz CT molecular complexity index is 1310. The molecule has 7 nitrogen and oxygen atoms in total. The predicted octanol–water partition coefficient (Wildman–Crippen LogP) is 4.85. The van der Waals surface area contributed by atoms with E-state index in [4.69, 9.17) is 26.4 Å². The second kappa shape index (κ2) is 11.1. The van der Waals surface area contributed by atoms with Gasteiger partial charge in [-0.05, 0) is 66.7 Å². The topological polar surface area (TPSA) is 80.9 Å². The van der Waals surface area contributed by atoms with Crippen LogP contribution in [0.15, 0.2) is 78.0 Å². The van der Waals surface area contributed by atoms with E-state index in [1.54, 1.807) is 44.4 Å². The van der Waals surface area contributed by atoms with Crippen LogP contribution in [-0.2, 0) is 11.4 Å². The largest absolute Gasteiger partial charge is 0.497 e. The first kappa shape index (κ1) is 25.0. The van der Waals surface area contributed by atoms with E-state index in [0.29, 0.717) is 39.3 Å². The molecular formula is C27H26FN3O4S. The first-order valence-electron chi connectivity index (χ1n) is 11.2. The van der Waals surface area contributed by atoms with E-state index in [2.05, 4.69) is 16.0 Å². The smallest absolute Gasteiger partial charge is 0.255 e. The Morgan fingerprint density at radius 1 is 1.03 bits per heavy atom. The van der Waals surface area contributed by atoms with Gasteiger partial charge in [-0.3, -0.25) is 4.79 Å². The van der Waals surface area contributed by atoms with Crippen LogP contribution in [0, 0.1) is 5.82 Å². The van der Waals surface area contributed by atoms with Crippen molar-refractivity contribution in [3.63, 3.8) is 0 Å². The molecule has 0 bridgehead atoms. The average Bonchev–Trinajstić information content (AvgIpc) is 2.88. The van der Waals surface area contributed by atoms with Crippen LogP contribution in [0.1, 0.15) is 24.1 Å². The number of methoxy groups -OCH3 is 2. The minimum atomic E-state index is -0.516. The maximum Gasteiger partial charge on any atom is 0.255 e. The molecule has 0 radical (unpaired) electrons. The number of amides is 1. The summed E-state index contributed by atoms with van der Waals surface area (Å²) in [5.41, 5.74) is 3.24. The highest BCUT2D eigenvalue weighted by atomic mass is 32.1. The van der Waals surface area contributed by atoms with Crippen LogP contribution < -0.4 is 30.2 Å². The number of rotatable bonds is 8. The minimum absolute atomic E-state index is 0.279. The van der Waals surface area contributed by atoms with Gasteiger partial charge >= 0.3 is 0 Å². The zero-order valence-electron chi connectivity index (χ0n) is 20.1. The molecule has 0 spiro atoms. The van der Waals surface area contributed by atoms with Gasteiger partial charge < -0.3 is 30.2 Å². The van der Waals surface area contributed by atoms with Crippen LogP contribution in [0.25, 0.3) is 0 Å². The van der Waals surface area contributed by atoms with Crippen molar-refractivity contribution < 1.29 is 23.4 Å². The number of halogens is 1. The fourth-order valence-electron chi connectivity index (χ4n) is 3.87. The van der Waals surface area contributed by atoms with Crippen molar-refractivity contribution in [2.75, 3.05) is 19.5 Å². The van der Waals surface area contributed by atoms with Gasteiger partial charge in [-0.25, -0.2) is 4.39 Å². The lowest BCUT2D eigenvalue weighted by molar-refractivity contribution is -0.113. The molecule has 0 aromatic heterocycles. The van der Waals surface area contributed by atoms with Crippen molar-refractivity contribution in [1.29, 1.82) is 0 Å². The molecule has 0 saturated carbocycles. The molecule has 0 fully saturated rings. The van der Waals surface area contributed by atoms with E-state index < -0.39 is 6.04 Å². The average molecular weight is 508 g/mol. The molecule has 1 heterocycles. The molecule has 36 heavy (non-hydrogen) atoms. The molecule has 3 N–H and O–H groups in total. The Labute approximate surface area is 214 Å². The van der Waals surface area contributed by atoms with Crippen molar-refractivity contribution in [1.82, 2.24) is 10.6 Å². The van der Waals surface area contributed by atoms with Crippen molar-refractivity contribution in [2.45, 2.75) is 19.6 Å². The van der Waals surface area contributed by atoms with Gasteiger partial charge in [0.2, 0.25) is 0 Å². The summed E-state index contributed by atoms with van der Waals surface area (Å²) in [7, 11) is 3.09. The number of allylic oxidation sites excluding steroid dienone is 1. The first-order chi connectivity index (χ1) is 17.4.